The number of para-hydroxylation sites is 1. The van der Waals surface area contributed by atoms with Crippen LogP contribution in [0.5, 0.6) is 0 Å². The first kappa shape index (κ1) is 21.4. The van der Waals surface area contributed by atoms with Gasteiger partial charge in [-0.3, -0.25) is 0 Å². The molecule has 4 nitrogen and oxygen atoms in total. The fourth-order valence-corrected chi connectivity index (χ4v) is 4.31. The van der Waals surface area contributed by atoms with Gasteiger partial charge in [0.2, 0.25) is 5.36 Å². The van der Waals surface area contributed by atoms with E-state index in [2.05, 4.69) is 10.6 Å². The number of carbonyl (C=O) groups excluding carboxylic acids is 1. The Morgan fingerprint density at radius 1 is 0.806 bits per heavy atom. The maximum Gasteiger partial charge on any atom is 0.521 e. The topological polar surface area (TPSA) is 40.9 Å². The van der Waals surface area contributed by atoms with Crippen LogP contribution in [-0.2, 0) is 18.9 Å². The fraction of sp³-hybridized carbons (Fsp3) is 0.130. The second kappa shape index (κ2) is 7.37. The number of carbonyl (C=O) groups is 1. The van der Waals surface area contributed by atoms with E-state index in [1.807, 2.05) is 60.1 Å². The molecule has 1 amide bonds. The van der Waals surface area contributed by atoms with E-state index >= 15 is 0 Å². The summed E-state index contributed by atoms with van der Waals surface area (Å²) in [6.45, 7) is 0. The summed E-state index contributed by atoms with van der Waals surface area (Å²) in [6, 6.07) is 18.9. The Hall–Kier alpha value is -2.88. The number of hydrogen-bond donors (Lipinski definition) is 1. The number of amides is 1. The van der Waals surface area contributed by atoms with Crippen molar-refractivity contribution in [3.05, 3.63) is 66.0 Å². The summed E-state index contributed by atoms with van der Waals surface area (Å²) >= 11 is 0. The van der Waals surface area contributed by atoms with Crippen LogP contribution in [-0.4, -0.2) is 21.2 Å². The molecule has 0 unspecified atom stereocenters. The van der Waals surface area contributed by atoms with Gasteiger partial charge in [0.05, 0.1) is 22.1 Å². The van der Waals surface area contributed by atoms with Crippen LogP contribution >= 0.6 is 0 Å². The SMILES string of the molecule is Cn1c2ccccc2c2c3c(cccc31)c1ccc(=[NH+]C(=O)C(F)(F)F)cc1n2C.[I-]. The molecule has 0 bridgehead atoms. The van der Waals surface area contributed by atoms with Crippen molar-refractivity contribution < 1.29 is 46.9 Å². The lowest BCUT2D eigenvalue weighted by atomic mass is 9.99. The Labute approximate surface area is 191 Å². The summed E-state index contributed by atoms with van der Waals surface area (Å²) in [5.41, 5.74) is 3.83. The number of halogens is 4. The second-order valence-corrected chi connectivity index (χ2v) is 7.37. The van der Waals surface area contributed by atoms with Gasteiger partial charge < -0.3 is 33.1 Å². The maximum absolute atomic E-state index is 12.7. The van der Waals surface area contributed by atoms with Crippen molar-refractivity contribution in [3.63, 3.8) is 0 Å². The van der Waals surface area contributed by atoms with Gasteiger partial charge in [-0.1, -0.05) is 30.3 Å². The monoisotopic (exact) mass is 535 g/mol. The highest BCUT2D eigenvalue weighted by Crippen LogP contribution is 2.36. The highest BCUT2D eigenvalue weighted by atomic mass is 127. The first-order valence-corrected chi connectivity index (χ1v) is 9.37. The van der Waals surface area contributed by atoms with E-state index in [0.29, 0.717) is 0 Å². The molecule has 2 aromatic heterocycles. The molecule has 0 atom stereocenters. The van der Waals surface area contributed by atoms with Crippen LogP contribution in [0.3, 0.4) is 0 Å². The Morgan fingerprint density at radius 2 is 1.48 bits per heavy atom. The van der Waals surface area contributed by atoms with Crippen LogP contribution < -0.4 is 34.3 Å². The van der Waals surface area contributed by atoms with Crippen LogP contribution in [0.4, 0.5) is 13.2 Å². The predicted octanol–water partition coefficient (Wildman–Crippen LogP) is 0.0506. The minimum absolute atomic E-state index is 0. The van der Waals surface area contributed by atoms with Crippen LogP contribution in [0, 0.1) is 0 Å². The molecule has 0 saturated heterocycles. The van der Waals surface area contributed by atoms with E-state index in [4.69, 9.17) is 0 Å². The zero-order chi connectivity index (χ0) is 21.2. The van der Waals surface area contributed by atoms with Gasteiger partial charge in [-0.15, -0.1) is 0 Å². The van der Waals surface area contributed by atoms with Crippen molar-refractivity contribution in [2.45, 2.75) is 6.18 Å². The van der Waals surface area contributed by atoms with E-state index in [1.54, 1.807) is 12.1 Å². The lowest BCUT2D eigenvalue weighted by Crippen LogP contribution is -3.00. The van der Waals surface area contributed by atoms with E-state index in [-0.39, 0.29) is 29.3 Å². The number of fused-ring (bicyclic) bond motifs is 4. The molecular weight excluding hydrogens is 518 g/mol. The number of rotatable bonds is 0. The van der Waals surface area contributed by atoms with Crippen LogP contribution in [0.25, 0.3) is 43.6 Å². The third-order valence-electron chi connectivity index (χ3n) is 5.66. The van der Waals surface area contributed by atoms with Crippen molar-refractivity contribution >= 4 is 49.5 Å². The summed E-state index contributed by atoms with van der Waals surface area (Å²) in [4.78, 5) is 13.3. The van der Waals surface area contributed by atoms with Gasteiger partial charge in [-0.05, 0) is 23.6 Å². The molecule has 0 fully saturated rings. The minimum atomic E-state index is -4.94. The highest BCUT2D eigenvalue weighted by molar-refractivity contribution is 6.24. The van der Waals surface area contributed by atoms with Gasteiger partial charge in [0, 0.05) is 42.4 Å². The summed E-state index contributed by atoms with van der Waals surface area (Å²) in [5, 5.41) is 4.13. The molecule has 0 saturated carbocycles. The molecule has 0 aliphatic rings. The largest absolute Gasteiger partial charge is 1.00 e. The minimum Gasteiger partial charge on any atom is -1.00 e. The molecule has 158 valence electrons. The number of aromatic nitrogens is 2. The summed E-state index contributed by atoms with van der Waals surface area (Å²) in [5.74, 6) is -1.99. The van der Waals surface area contributed by atoms with Crippen molar-refractivity contribution in [1.29, 1.82) is 0 Å². The van der Waals surface area contributed by atoms with E-state index in [1.165, 1.54) is 6.07 Å². The normalized spacial score (nSPS) is 12.7. The highest BCUT2D eigenvalue weighted by Gasteiger charge is 2.44. The molecule has 0 radical (unpaired) electrons. The van der Waals surface area contributed by atoms with Gasteiger partial charge in [-0.25, -0.2) is 4.79 Å². The molecule has 2 heterocycles. The number of hydrogen-bond acceptors (Lipinski definition) is 1. The van der Waals surface area contributed by atoms with Crippen molar-refractivity contribution in [3.8, 4) is 0 Å². The van der Waals surface area contributed by atoms with Crippen molar-refractivity contribution in [2.75, 3.05) is 0 Å². The van der Waals surface area contributed by atoms with Crippen molar-refractivity contribution in [1.82, 2.24) is 9.13 Å². The molecule has 1 N–H and O–H groups in total. The smallest absolute Gasteiger partial charge is 0.521 e. The molecule has 3 aromatic carbocycles. The van der Waals surface area contributed by atoms with Crippen LogP contribution in [0.2, 0.25) is 0 Å². The molecule has 8 heteroatoms. The zero-order valence-electron chi connectivity index (χ0n) is 16.6. The number of alkyl halides is 3. The van der Waals surface area contributed by atoms with Gasteiger partial charge in [0.15, 0.2) is 0 Å². The van der Waals surface area contributed by atoms with Gasteiger partial charge in [-0.2, -0.15) is 18.2 Å². The Morgan fingerprint density at radius 3 is 2.23 bits per heavy atom. The zero-order valence-corrected chi connectivity index (χ0v) is 18.7. The van der Waals surface area contributed by atoms with Crippen LogP contribution in [0.1, 0.15) is 0 Å². The van der Waals surface area contributed by atoms with E-state index < -0.39 is 12.1 Å². The average molecular weight is 535 g/mol. The van der Waals surface area contributed by atoms with Gasteiger partial charge in [0.1, 0.15) is 0 Å². The molecule has 31 heavy (non-hydrogen) atoms. The molecule has 5 aromatic rings. The fourth-order valence-electron chi connectivity index (χ4n) is 4.31. The van der Waals surface area contributed by atoms with Gasteiger partial charge in [0.25, 0.3) is 0 Å². The molecule has 0 aliphatic heterocycles. The lowest BCUT2D eigenvalue weighted by Gasteiger charge is -2.20. The molecular formula is C23H17F3IN3O. The number of aryl methyl sites for hydroxylation is 2. The Balaban J connectivity index is 0.00000231. The molecule has 5 rings (SSSR count). The van der Waals surface area contributed by atoms with Gasteiger partial charge >= 0.3 is 12.1 Å². The van der Waals surface area contributed by atoms with E-state index in [0.717, 1.165) is 43.6 Å². The Bertz CT molecular complexity index is 1580. The second-order valence-electron chi connectivity index (χ2n) is 7.37. The number of pyridine rings is 2. The number of nitrogens with zero attached hydrogens (tertiary/aromatic N) is 2. The average Bonchev–Trinajstić information content (AvgIpc) is 2.72. The standard InChI is InChI=1S/C23H16F3N3O.HI/c1-28-17-8-4-3-6-16(17)21-20-15(7-5-9-18(20)28)14-11-10-13(12-19(14)29(21)2)27-22(30)23(24,25)26;/h3-12H,1-2H3;1H. The quantitative estimate of drug-likeness (QED) is 0.170. The summed E-state index contributed by atoms with van der Waals surface area (Å²) in [7, 11) is 3.92. The van der Waals surface area contributed by atoms with Crippen molar-refractivity contribution in [2.24, 2.45) is 14.1 Å². The van der Waals surface area contributed by atoms with E-state index in [9.17, 15) is 18.0 Å². The summed E-state index contributed by atoms with van der Waals surface area (Å²) in [6.07, 6.45) is -4.94. The van der Waals surface area contributed by atoms with Crippen LogP contribution in [0.15, 0.2) is 60.7 Å². The Kier molecular flexibility index (Phi) is 5.07. The predicted molar refractivity (Wildman–Crippen MR) is 110 cm³/mol. The first-order valence-electron chi connectivity index (χ1n) is 9.37. The maximum atomic E-state index is 12.7. The summed E-state index contributed by atoms with van der Waals surface area (Å²) < 4.78 is 42.2. The number of benzene rings is 3. The third kappa shape index (κ3) is 3.20. The first-order chi connectivity index (χ1) is 14.3. The molecule has 0 aliphatic carbocycles. The molecule has 0 spiro atoms. The number of nitrogens with one attached hydrogen (secondary N) is 1. The lowest BCUT2D eigenvalue weighted by molar-refractivity contribution is -0.441. The third-order valence-corrected chi connectivity index (χ3v) is 5.66.